The maximum atomic E-state index is 12.5. The Morgan fingerprint density at radius 2 is 0.676 bits per heavy atom. The van der Waals surface area contributed by atoms with E-state index in [4.69, 9.17) is 4.74 Å². The number of aliphatic hydroxyl groups is 2. The van der Waals surface area contributed by atoms with E-state index in [1.54, 1.807) is 6.08 Å². The molecule has 0 aliphatic rings. The summed E-state index contributed by atoms with van der Waals surface area (Å²) in [5.74, 6) is -0.0739. The topological polar surface area (TPSA) is 95.9 Å². The zero-order valence-corrected chi connectivity index (χ0v) is 49.6. The molecule has 0 rings (SSSR count). The van der Waals surface area contributed by atoms with Gasteiger partial charge in [-0.05, 0) is 89.9 Å². The molecule has 2 unspecified atom stereocenters. The van der Waals surface area contributed by atoms with Crippen molar-refractivity contribution in [1.29, 1.82) is 0 Å². The van der Waals surface area contributed by atoms with Crippen molar-refractivity contribution in [3.63, 3.8) is 0 Å². The van der Waals surface area contributed by atoms with Crippen molar-refractivity contribution in [3.8, 4) is 0 Å². The molecule has 6 heteroatoms. The van der Waals surface area contributed by atoms with Crippen LogP contribution in [0.25, 0.3) is 0 Å². The number of rotatable bonds is 61. The molecule has 0 aromatic heterocycles. The Morgan fingerprint density at radius 3 is 1.05 bits per heavy atom. The van der Waals surface area contributed by atoms with Gasteiger partial charge < -0.3 is 20.3 Å². The summed E-state index contributed by atoms with van der Waals surface area (Å²) in [6.45, 7) is 4.89. The van der Waals surface area contributed by atoms with E-state index >= 15 is 0 Å². The molecule has 0 aromatic rings. The molecule has 0 saturated heterocycles. The molecule has 1 amide bonds. The van der Waals surface area contributed by atoms with Gasteiger partial charge in [-0.25, -0.2) is 0 Å². The Labute approximate surface area is 461 Å². The predicted molar refractivity (Wildman–Crippen MR) is 324 cm³/mol. The second-order valence-electron chi connectivity index (χ2n) is 22.4. The van der Waals surface area contributed by atoms with Crippen molar-refractivity contribution in [2.24, 2.45) is 0 Å². The maximum Gasteiger partial charge on any atom is 0.305 e. The summed E-state index contributed by atoms with van der Waals surface area (Å²) < 4.78 is 5.49. The normalized spacial score (nSPS) is 12.9. The van der Waals surface area contributed by atoms with E-state index in [1.165, 1.54) is 263 Å². The molecule has 0 saturated carbocycles. The van der Waals surface area contributed by atoms with Gasteiger partial charge in [0.2, 0.25) is 5.91 Å². The molecule has 0 spiro atoms. The average Bonchev–Trinajstić information content (AvgIpc) is 3.40. The Morgan fingerprint density at radius 1 is 0.378 bits per heavy atom. The second-order valence-corrected chi connectivity index (χ2v) is 22.4. The molecule has 2 atom stereocenters. The highest BCUT2D eigenvalue weighted by atomic mass is 16.5. The minimum atomic E-state index is -0.851. The first-order valence-corrected chi connectivity index (χ1v) is 32.9. The quantitative estimate of drug-likeness (QED) is 0.0320. The molecular weight excluding hydrogens is 911 g/mol. The zero-order valence-electron chi connectivity index (χ0n) is 49.6. The monoisotopic (exact) mass is 1040 g/mol. The highest BCUT2D eigenvalue weighted by Gasteiger charge is 2.18. The Balaban J connectivity index is 3.45. The number of ether oxygens (including phenoxy) is 1. The standard InChI is InChI=1S/C68H127NO5/c1-3-5-7-9-11-13-15-17-19-21-28-32-36-40-44-48-52-56-60-66(71)65(64-70)69-67(72)61-57-53-49-45-41-37-33-29-26-24-23-25-27-31-35-39-43-47-51-55-59-63-74-68(73)62-58-54-50-46-42-38-34-30-22-20-18-16-14-12-10-8-6-4-2/h14,16,20,22,24,26,56,60,65-66,70-71H,3-13,15,17-19,21,23,25,27-55,57-59,61-64H2,1-2H3,(H,69,72)/b16-14-,22-20-,26-24-,60-56+. The van der Waals surface area contributed by atoms with Crippen molar-refractivity contribution in [1.82, 2.24) is 5.32 Å². The van der Waals surface area contributed by atoms with Crippen LogP contribution in [0.5, 0.6) is 0 Å². The summed E-state index contributed by atoms with van der Waals surface area (Å²) >= 11 is 0. The first kappa shape index (κ1) is 71.8. The highest BCUT2D eigenvalue weighted by Crippen LogP contribution is 2.17. The van der Waals surface area contributed by atoms with Gasteiger partial charge in [0.15, 0.2) is 0 Å². The van der Waals surface area contributed by atoms with Gasteiger partial charge in [0, 0.05) is 12.8 Å². The highest BCUT2D eigenvalue weighted by molar-refractivity contribution is 5.76. The number of aliphatic hydroxyl groups excluding tert-OH is 2. The van der Waals surface area contributed by atoms with Gasteiger partial charge in [-0.15, -0.1) is 0 Å². The summed E-state index contributed by atoms with van der Waals surface area (Å²) in [6, 6.07) is -0.635. The van der Waals surface area contributed by atoms with E-state index in [0.717, 1.165) is 57.8 Å². The molecular formula is C68H127NO5. The van der Waals surface area contributed by atoms with Crippen LogP contribution in [0, 0.1) is 0 Å². The van der Waals surface area contributed by atoms with Gasteiger partial charge in [0.05, 0.1) is 25.4 Å². The number of unbranched alkanes of at least 4 members (excludes halogenated alkanes) is 44. The van der Waals surface area contributed by atoms with Gasteiger partial charge in [-0.1, -0.05) is 294 Å². The molecule has 434 valence electrons. The lowest BCUT2D eigenvalue weighted by Crippen LogP contribution is -2.45. The van der Waals surface area contributed by atoms with Crippen LogP contribution in [0.4, 0.5) is 0 Å². The lowest BCUT2D eigenvalue weighted by atomic mass is 10.0. The molecule has 0 fully saturated rings. The predicted octanol–water partition coefficient (Wildman–Crippen LogP) is 20.9. The third-order valence-electron chi connectivity index (χ3n) is 15.1. The van der Waals surface area contributed by atoms with E-state index in [-0.39, 0.29) is 18.5 Å². The number of nitrogens with one attached hydrogen (secondary N) is 1. The van der Waals surface area contributed by atoms with Crippen LogP contribution in [0.15, 0.2) is 48.6 Å². The van der Waals surface area contributed by atoms with Crippen LogP contribution in [-0.2, 0) is 14.3 Å². The number of esters is 1. The number of hydrogen-bond donors (Lipinski definition) is 3. The molecule has 6 nitrogen and oxygen atoms in total. The lowest BCUT2D eigenvalue weighted by Gasteiger charge is -2.20. The zero-order chi connectivity index (χ0) is 53.6. The average molecular weight is 1040 g/mol. The second kappa shape index (κ2) is 63.4. The minimum absolute atomic E-state index is 0.000268. The fourth-order valence-electron chi connectivity index (χ4n) is 10.0. The number of hydrogen-bond acceptors (Lipinski definition) is 5. The molecule has 0 radical (unpaired) electrons. The van der Waals surface area contributed by atoms with Crippen LogP contribution in [-0.4, -0.2) is 47.4 Å². The number of amides is 1. The number of allylic oxidation sites excluding steroid dienone is 7. The van der Waals surface area contributed by atoms with E-state index in [0.29, 0.717) is 19.4 Å². The summed E-state index contributed by atoms with van der Waals surface area (Å²) in [7, 11) is 0. The maximum absolute atomic E-state index is 12.5. The van der Waals surface area contributed by atoms with E-state index < -0.39 is 12.1 Å². The Bertz CT molecular complexity index is 1240. The van der Waals surface area contributed by atoms with Gasteiger partial charge in [-0.2, -0.15) is 0 Å². The Hall–Kier alpha value is -2.18. The third-order valence-corrected chi connectivity index (χ3v) is 15.1. The van der Waals surface area contributed by atoms with Crippen molar-refractivity contribution in [3.05, 3.63) is 48.6 Å². The molecule has 3 N–H and O–H groups in total. The summed E-state index contributed by atoms with van der Waals surface area (Å²) in [6.07, 6.45) is 81.6. The molecule has 0 aliphatic carbocycles. The van der Waals surface area contributed by atoms with Crippen LogP contribution < -0.4 is 5.32 Å². The van der Waals surface area contributed by atoms with Gasteiger partial charge in [-0.3, -0.25) is 9.59 Å². The minimum Gasteiger partial charge on any atom is -0.466 e. The number of carbonyl (C=O) groups is 2. The van der Waals surface area contributed by atoms with Crippen molar-refractivity contribution in [2.45, 2.75) is 360 Å². The van der Waals surface area contributed by atoms with E-state index in [1.807, 2.05) is 6.08 Å². The van der Waals surface area contributed by atoms with Crippen LogP contribution in [0.1, 0.15) is 348 Å². The van der Waals surface area contributed by atoms with E-state index in [2.05, 4.69) is 55.6 Å². The third kappa shape index (κ3) is 59.1. The van der Waals surface area contributed by atoms with Gasteiger partial charge in [0.25, 0.3) is 0 Å². The first-order valence-electron chi connectivity index (χ1n) is 32.9. The first-order chi connectivity index (χ1) is 36.5. The van der Waals surface area contributed by atoms with Crippen LogP contribution >= 0.6 is 0 Å². The van der Waals surface area contributed by atoms with E-state index in [9.17, 15) is 19.8 Å². The van der Waals surface area contributed by atoms with Crippen LogP contribution in [0.3, 0.4) is 0 Å². The molecule has 74 heavy (non-hydrogen) atoms. The molecule has 0 heterocycles. The molecule has 0 bridgehead atoms. The van der Waals surface area contributed by atoms with Gasteiger partial charge in [0.1, 0.15) is 0 Å². The number of carbonyl (C=O) groups excluding carboxylic acids is 2. The molecule has 0 aliphatic heterocycles. The summed E-state index contributed by atoms with van der Waals surface area (Å²) in [5.41, 5.74) is 0. The largest absolute Gasteiger partial charge is 0.466 e. The molecule has 0 aromatic carbocycles. The van der Waals surface area contributed by atoms with Crippen molar-refractivity contribution in [2.75, 3.05) is 13.2 Å². The summed E-state index contributed by atoms with van der Waals surface area (Å²) in [4.78, 5) is 24.6. The van der Waals surface area contributed by atoms with Crippen molar-refractivity contribution < 1.29 is 24.5 Å². The smallest absolute Gasteiger partial charge is 0.305 e. The fourth-order valence-corrected chi connectivity index (χ4v) is 10.0. The lowest BCUT2D eigenvalue weighted by molar-refractivity contribution is -0.143. The Kier molecular flexibility index (Phi) is 61.5. The van der Waals surface area contributed by atoms with Gasteiger partial charge >= 0.3 is 5.97 Å². The summed E-state index contributed by atoms with van der Waals surface area (Å²) in [5, 5.41) is 23.2. The fraction of sp³-hybridized carbons (Fsp3) is 0.853. The SMILES string of the molecule is CCCCCC/C=C\C/C=C\CCCCCCCCCC(=O)OCCCCCCCCCCCC/C=C\CCCCCCCCCC(=O)NC(CO)C(O)/C=C/CCCCCCCCCCCCCCCCCC. The van der Waals surface area contributed by atoms with Crippen LogP contribution in [0.2, 0.25) is 0 Å². The van der Waals surface area contributed by atoms with Crippen molar-refractivity contribution >= 4 is 11.9 Å².